The highest BCUT2D eigenvalue weighted by Gasteiger charge is 2.38. The first-order valence-electron chi connectivity index (χ1n) is 24.5. The second-order valence-electron chi connectivity index (χ2n) is 18.7. The highest BCUT2D eigenvalue weighted by atomic mass is 31.3. The number of aromatic nitrogens is 3. The molecule has 6 atom stereocenters. The van der Waals surface area contributed by atoms with Crippen molar-refractivity contribution in [3.8, 4) is 22.5 Å². The number of aliphatic hydroxyl groups is 1. The molecule has 4 unspecified atom stereocenters. The minimum atomic E-state index is -6.10. The summed E-state index contributed by atoms with van der Waals surface area (Å²) in [5.74, 6) is 0.459. The average Bonchev–Trinajstić information content (AvgIpc) is 4.03. The number of ether oxygens (including phenoxy) is 1. The zero-order valence-corrected chi connectivity index (χ0v) is 44.2. The lowest BCUT2D eigenvalue weighted by atomic mass is 9.90. The van der Waals surface area contributed by atoms with E-state index in [1.54, 1.807) is 6.07 Å². The van der Waals surface area contributed by atoms with Gasteiger partial charge in [0.15, 0.2) is 5.65 Å². The fourth-order valence-corrected chi connectivity index (χ4v) is 12.7. The van der Waals surface area contributed by atoms with Gasteiger partial charge in [0, 0.05) is 85.7 Å². The summed E-state index contributed by atoms with van der Waals surface area (Å²) in [5.41, 5.74) is 9.48. The first-order chi connectivity index (χ1) is 36.9. The number of aliphatic hydroxyl groups excluding tert-OH is 1. The number of para-hydroxylation sites is 2. The maximum atomic E-state index is 13.6. The molecule has 4 aromatic carbocycles. The van der Waals surface area contributed by atoms with Gasteiger partial charge in [0.2, 0.25) is 17.0 Å². The van der Waals surface area contributed by atoms with Crippen molar-refractivity contribution >= 4 is 74.3 Å². The van der Waals surface area contributed by atoms with E-state index in [1.165, 1.54) is 17.1 Å². The predicted octanol–water partition coefficient (Wildman–Crippen LogP) is 6.19. The van der Waals surface area contributed by atoms with Crippen molar-refractivity contribution in [2.75, 3.05) is 50.7 Å². The third-order valence-electron chi connectivity index (χ3n) is 13.7. The number of fused-ring (bicyclic) bond motifs is 3. The van der Waals surface area contributed by atoms with Gasteiger partial charge in [-0.05, 0) is 73.5 Å². The van der Waals surface area contributed by atoms with E-state index < -0.39 is 48.5 Å². The number of nitrogens with zero attached hydrogens (tertiary/aromatic N) is 6. The number of likely N-dealkylation sites (tertiary alicyclic amines) is 1. The van der Waals surface area contributed by atoms with E-state index >= 15 is 0 Å². The molecule has 0 radical (unpaired) electrons. The molecule has 6 aromatic rings. The molecule has 0 saturated carbocycles. The Balaban J connectivity index is 0.00000740. The number of nitrogens with one attached hydrogen (secondary N) is 2. The molecule has 404 valence electrons. The third kappa shape index (κ3) is 12.5. The molecule has 2 aromatic heterocycles. The van der Waals surface area contributed by atoms with Crippen molar-refractivity contribution in [1.82, 2.24) is 29.3 Å². The van der Waals surface area contributed by atoms with Crippen molar-refractivity contribution < 1.29 is 66.9 Å². The Kier molecular flexibility index (Phi) is 15.8. The molecule has 22 nitrogen and oxygen atoms in total. The van der Waals surface area contributed by atoms with Crippen LogP contribution in [0.25, 0.3) is 44.6 Å². The lowest BCUT2D eigenvalue weighted by Gasteiger charge is -2.33. The van der Waals surface area contributed by atoms with Crippen LogP contribution in [-0.4, -0.2) is 88.0 Å². The van der Waals surface area contributed by atoms with E-state index in [-0.39, 0.29) is 26.3 Å². The number of imidazole rings is 1. The number of hydrogen-bond acceptors (Lipinski definition) is 18. The Hall–Kier alpha value is -6.45. The van der Waals surface area contributed by atoms with Crippen molar-refractivity contribution in [3.63, 3.8) is 0 Å². The SMILES string of the molecule is CN(c1ccccc1)c1ccc2c(-c3ccccc3CN3CCC(C(=O)NCNc4ccnc5c4ncn5[C@H]4CC(O)[C@@H](COP(=O)([O-])OP(=O)([O-])OP(=O)([O-])O)O4)CC3)c3ccc(=[N+](C)c4ccccc4)cc-3oc2c1.[HH]. The summed E-state index contributed by atoms with van der Waals surface area (Å²) >= 11 is 0. The van der Waals surface area contributed by atoms with Crippen molar-refractivity contribution in [2.24, 2.45) is 5.92 Å². The number of piperidine rings is 1. The molecule has 0 bridgehead atoms. The van der Waals surface area contributed by atoms with E-state index in [2.05, 4.69) is 133 Å². The molecule has 4 aliphatic rings. The van der Waals surface area contributed by atoms with Gasteiger partial charge in [-0.2, -0.15) is 4.58 Å². The Morgan fingerprint density at radius 3 is 2.35 bits per heavy atom. The normalized spacial score (nSPS) is 20.1. The van der Waals surface area contributed by atoms with Crippen LogP contribution in [0.5, 0.6) is 0 Å². The molecule has 4 N–H and O–H groups in total. The monoisotopic (exact) mass is 1110 g/mol. The van der Waals surface area contributed by atoms with Gasteiger partial charge in [-0.25, -0.2) is 18.6 Å². The summed E-state index contributed by atoms with van der Waals surface area (Å²) in [4.78, 5) is 69.9. The van der Waals surface area contributed by atoms with Crippen LogP contribution in [0.2, 0.25) is 0 Å². The summed E-state index contributed by atoms with van der Waals surface area (Å²) in [6.45, 7) is 1.25. The Bertz CT molecular complexity index is 3640. The van der Waals surface area contributed by atoms with E-state index in [1.807, 2.05) is 50.5 Å². The van der Waals surface area contributed by atoms with E-state index in [0.717, 1.165) is 61.4 Å². The summed E-state index contributed by atoms with van der Waals surface area (Å²) in [7, 11) is -13.7. The quantitative estimate of drug-likeness (QED) is 0.0322. The fraction of sp³-hybridized carbons (Fsp3) is 0.269. The lowest BCUT2D eigenvalue weighted by Crippen LogP contribution is -2.41. The van der Waals surface area contributed by atoms with Crippen molar-refractivity contribution in [1.29, 1.82) is 0 Å². The van der Waals surface area contributed by atoms with Gasteiger partial charge >= 0.3 is 0 Å². The van der Waals surface area contributed by atoms with Gasteiger partial charge in [0.25, 0.3) is 23.5 Å². The van der Waals surface area contributed by atoms with Gasteiger partial charge in [-0.15, -0.1) is 0 Å². The van der Waals surface area contributed by atoms with Gasteiger partial charge in [0.1, 0.15) is 36.2 Å². The van der Waals surface area contributed by atoms with E-state index in [0.29, 0.717) is 49.3 Å². The van der Waals surface area contributed by atoms with Crippen LogP contribution in [0.4, 0.5) is 22.7 Å². The fourth-order valence-electron chi connectivity index (χ4n) is 9.82. The van der Waals surface area contributed by atoms with Gasteiger partial charge in [-0.1, -0.05) is 60.7 Å². The molecular weight excluding hydrogens is 1050 g/mol. The summed E-state index contributed by atoms with van der Waals surface area (Å²) in [6.07, 6.45) is 0.574. The molecule has 25 heteroatoms. The Morgan fingerprint density at radius 1 is 0.870 bits per heavy atom. The number of carbonyl (C=O) groups is 1. The summed E-state index contributed by atoms with van der Waals surface area (Å²) < 4.78 is 62.1. The highest BCUT2D eigenvalue weighted by Crippen LogP contribution is 2.61. The Labute approximate surface area is 443 Å². The zero-order valence-electron chi connectivity index (χ0n) is 41.6. The molecule has 0 spiro atoms. The van der Waals surface area contributed by atoms with E-state index in [4.69, 9.17) is 14.0 Å². The number of pyridine rings is 1. The first-order valence-corrected chi connectivity index (χ1v) is 28.9. The highest BCUT2D eigenvalue weighted by molar-refractivity contribution is 7.65. The van der Waals surface area contributed by atoms with Crippen LogP contribution in [-0.2, 0) is 42.9 Å². The number of phosphoric ester groups is 1. The lowest BCUT2D eigenvalue weighted by molar-refractivity contribution is -0.250. The van der Waals surface area contributed by atoms with Crippen LogP contribution in [0.15, 0.2) is 144 Å². The minimum absolute atomic E-state index is 0. The zero-order chi connectivity index (χ0) is 54.1. The molecule has 1 amide bonds. The van der Waals surface area contributed by atoms with Crippen LogP contribution in [0.3, 0.4) is 0 Å². The summed E-state index contributed by atoms with van der Waals surface area (Å²) in [6, 6.07) is 43.4. The van der Waals surface area contributed by atoms with Crippen LogP contribution >= 0.6 is 23.5 Å². The second-order valence-corrected chi connectivity index (χ2v) is 23.0. The molecule has 1 aliphatic carbocycles. The predicted molar refractivity (Wildman–Crippen MR) is 282 cm³/mol. The number of amides is 1. The van der Waals surface area contributed by atoms with Crippen LogP contribution in [0, 0.1) is 5.92 Å². The molecule has 10 rings (SSSR count). The Morgan fingerprint density at radius 2 is 1.60 bits per heavy atom. The maximum Gasteiger partial charge on any atom is 0.280 e. The first kappa shape index (κ1) is 53.9. The average molecular weight is 1110 g/mol. The molecule has 5 heterocycles. The maximum absolute atomic E-state index is 13.6. The second kappa shape index (κ2) is 22.5. The molecule has 3 aliphatic heterocycles. The smallest absolute Gasteiger partial charge is 0.280 e. The van der Waals surface area contributed by atoms with Gasteiger partial charge < -0.3 is 53.9 Å². The summed E-state index contributed by atoms with van der Waals surface area (Å²) in [5, 5.41) is 18.8. The number of phosphoric acid groups is 3. The minimum Gasteiger partial charge on any atom is -0.756 e. The molecule has 2 fully saturated rings. The number of hydrogen-bond donors (Lipinski definition) is 4. The number of anilines is 3. The van der Waals surface area contributed by atoms with Crippen molar-refractivity contribution in [2.45, 2.75) is 44.2 Å². The standard InChI is InChI=1S/C52H55N8O14P3.H2/c1-57(36-12-5-3-6-13-36)38-17-19-41-45(27-38)71-46-28-39(58(2)37-14-7-4-8-15-37)18-20-42(46)49(41)40-16-10-9-11-35(40)30-59-25-22-34(23-26-59)52(62)55-32-54-43-21-24-53-51-50(43)56-33-60(51)48-29-44(61)47(72-48)31-70-76(66,67)74-77(68,69)73-75(63,64)65;/h3-21,24,27-28,33-34,44,47-48,61H,22-23,25-26,29-32H2,1-2H3,(H5-,53,54,55,62,63,64,65,66,67,68,69);1H/p-2/t44?,47-,48-;/m1./s1. The topological polar surface area (TPSA) is 292 Å². The largest absolute Gasteiger partial charge is 0.756 e. The number of benzene rings is 5. The van der Waals surface area contributed by atoms with Crippen molar-refractivity contribution in [3.05, 3.63) is 151 Å². The third-order valence-corrected chi connectivity index (χ3v) is 17.4. The number of rotatable bonds is 18. The number of carbonyl (C=O) groups excluding carboxylic acids is 1. The molecular formula is C52H55N8O14P3-2. The van der Waals surface area contributed by atoms with Crippen LogP contribution in [0.1, 0.15) is 32.5 Å². The van der Waals surface area contributed by atoms with Gasteiger partial charge in [0.05, 0.1) is 37.5 Å². The molecule has 2 saturated heterocycles. The molecule has 77 heavy (non-hydrogen) atoms. The van der Waals surface area contributed by atoms with Crippen LogP contribution < -0.4 is 40.1 Å². The van der Waals surface area contributed by atoms with Gasteiger partial charge in [-0.3, -0.25) is 28.0 Å². The van der Waals surface area contributed by atoms with E-state index in [9.17, 15) is 38.3 Å².